The topological polar surface area (TPSA) is 173 Å². The van der Waals surface area contributed by atoms with Crippen molar-refractivity contribution in [3.63, 3.8) is 0 Å². The van der Waals surface area contributed by atoms with Gasteiger partial charge in [-0.3, -0.25) is 9.59 Å². The van der Waals surface area contributed by atoms with Crippen LogP contribution in [-0.2, 0) is 28.6 Å². The molecule has 11 heteroatoms. The largest absolute Gasteiger partial charge is 0.469 e. The predicted molar refractivity (Wildman–Crippen MR) is 141 cm³/mol. The summed E-state index contributed by atoms with van der Waals surface area (Å²) < 4.78 is 22.5. The number of fused-ring (bicyclic) bond motifs is 5. The van der Waals surface area contributed by atoms with Crippen LogP contribution in [0, 0.1) is 16.7 Å². The molecule has 41 heavy (non-hydrogen) atoms. The molecule has 11 nitrogen and oxygen atoms in total. The maximum atomic E-state index is 14.2. The number of ether oxygens (including phenoxy) is 3. The standard InChI is InChI=1S/C30H40O11/c1-14-18(41-26(35)21(32)15(2)17-8-7-11-38-17)12-30(37)25(40-16(3)31)23-28(6,10-9-19-29(23,36)13-39-19)24(34)22(33)20(14)27(30,4)5/h7-8,11,15,18-19,21-23,25,32-33,36-37H,9-10,12-13H2,1-6H3/t15-,18?,19+,21+,22+,23-,25-,28+,29-,30+/m0/s1. The van der Waals surface area contributed by atoms with Crippen molar-refractivity contribution in [1.82, 2.24) is 0 Å². The number of carbonyl (C=O) groups excluding carboxylic acids is 3. The fourth-order valence-corrected chi connectivity index (χ4v) is 7.94. The Morgan fingerprint density at radius 3 is 2.41 bits per heavy atom. The molecule has 0 amide bonds. The van der Waals surface area contributed by atoms with Crippen molar-refractivity contribution in [2.24, 2.45) is 16.7 Å². The highest BCUT2D eigenvalue weighted by Crippen LogP contribution is 2.63. The van der Waals surface area contributed by atoms with Crippen molar-refractivity contribution in [3.8, 4) is 0 Å². The van der Waals surface area contributed by atoms with Gasteiger partial charge in [0.05, 0.1) is 24.9 Å². The molecule has 1 unspecified atom stereocenters. The average Bonchev–Trinajstić information content (AvgIpc) is 3.43. The number of ketones is 1. The quantitative estimate of drug-likeness (QED) is 0.296. The lowest BCUT2D eigenvalue weighted by Crippen LogP contribution is -2.78. The number of furan rings is 1. The molecule has 4 aliphatic rings. The molecule has 2 heterocycles. The highest BCUT2D eigenvalue weighted by atomic mass is 16.6. The van der Waals surface area contributed by atoms with Crippen LogP contribution in [0.15, 0.2) is 34.0 Å². The Labute approximate surface area is 238 Å². The molecule has 0 radical (unpaired) electrons. The molecule has 4 N–H and O–H groups in total. The van der Waals surface area contributed by atoms with Crippen LogP contribution in [0.25, 0.3) is 0 Å². The summed E-state index contributed by atoms with van der Waals surface area (Å²) in [6.07, 6.45) is -4.84. The van der Waals surface area contributed by atoms with Gasteiger partial charge in [0.2, 0.25) is 0 Å². The summed E-state index contributed by atoms with van der Waals surface area (Å²) >= 11 is 0. The second-order valence-corrected chi connectivity index (χ2v) is 13.0. The number of Topliss-reactive ketones (excluding diaryl/α,β-unsaturated/α-hetero) is 1. The monoisotopic (exact) mass is 576 g/mol. The SMILES string of the molecule is CC(=O)O[C@H]1[C@@H]2[C@]3(O)CO[C@@H]3CC[C@@]2(C)C(=O)[C@H](O)C2=C(C)C(OC(=O)[C@H](O)[C@@H](C)c3ccco3)C[C@]1(O)C2(C)C. The van der Waals surface area contributed by atoms with E-state index in [2.05, 4.69) is 0 Å². The van der Waals surface area contributed by atoms with E-state index in [1.54, 1.807) is 46.8 Å². The summed E-state index contributed by atoms with van der Waals surface area (Å²) in [5.74, 6) is -3.80. The Bertz CT molecular complexity index is 1270. The van der Waals surface area contributed by atoms with Gasteiger partial charge in [-0.25, -0.2) is 4.79 Å². The van der Waals surface area contributed by atoms with Crippen molar-refractivity contribution in [2.45, 2.75) is 108 Å². The number of esters is 2. The zero-order valence-corrected chi connectivity index (χ0v) is 24.2. The predicted octanol–water partition coefficient (Wildman–Crippen LogP) is 1.55. The summed E-state index contributed by atoms with van der Waals surface area (Å²) in [5.41, 5.74) is -5.86. The Morgan fingerprint density at radius 2 is 1.85 bits per heavy atom. The van der Waals surface area contributed by atoms with Gasteiger partial charge < -0.3 is 39.1 Å². The molecule has 1 aliphatic heterocycles. The molecule has 3 aliphatic carbocycles. The Hall–Kier alpha value is -2.57. The molecule has 0 spiro atoms. The van der Waals surface area contributed by atoms with E-state index in [1.165, 1.54) is 13.2 Å². The average molecular weight is 577 g/mol. The van der Waals surface area contributed by atoms with Crippen LogP contribution in [0.4, 0.5) is 0 Å². The van der Waals surface area contributed by atoms with Gasteiger partial charge in [-0.15, -0.1) is 0 Å². The highest BCUT2D eigenvalue weighted by Gasteiger charge is 2.74. The summed E-state index contributed by atoms with van der Waals surface area (Å²) in [7, 11) is 0. The number of rotatable bonds is 5. The molecule has 1 saturated heterocycles. The van der Waals surface area contributed by atoms with E-state index in [1.807, 2.05) is 0 Å². The van der Waals surface area contributed by atoms with Gasteiger partial charge in [-0.05, 0) is 43.0 Å². The molecule has 5 rings (SSSR count). The Balaban J connectivity index is 1.63. The third-order valence-corrected chi connectivity index (χ3v) is 10.5. The van der Waals surface area contributed by atoms with E-state index in [0.717, 1.165) is 0 Å². The normalized spacial score (nSPS) is 41.1. The second-order valence-electron chi connectivity index (χ2n) is 13.0. The molecule has 1 aromatic rings. The first kappa shape index (κ1) is 29.9. The van der Waals surface area contributed by atoms with Crippen LogP contribution in [0.5, 0.6) is 0 Å². The molecule has 226 valence electrons. The van der Waals surface area contributed by atoms with E-state index in [4.69, 9.17) is 18.6 Å². The van der Waals surface area contributed by atoms with Crippen molar-refractivity contribution in [2.75, 3.05) is 6.61 Å². The summed E-state index contributed by atoms with van der Waals surface area (Å²) in [6.45, 7) is 9.15. The summed E-state index contributed by atoms with van der Waals surface area (Å²) in [5, 5.41) is 47.0. The first-order valence-electron chi connectivity index (χ1n) is 14.1. The molecule has 2 bridgehead atoms. The summed E-state index contributed by atoms with van der Waals surface area (Å²) in [6, 6.07) is 3.25. The van der Waals surface area contributed by atoms with E-state index < -0.39 is 82.1 Å². The van der Waals surface area contributed by atoms with Crippen molar-refractivity contribution in [1.29, 1.82) is 0 Å². The minimum absolute atomic E-state index is 0.132. The zero-order valence-electron chi connectivity index (χ0n) is 24.2. The molecule has 2 saturated carbocycles. The third kappa shape index (κ3) is 4.15. The fourth-order valence-electron chi connectivity index (χ4n) is 7.94. The smallest absolute Gasteiger partial charge is 0.336 e. The first-order chi connectivity index (χ1) is 19.0. The van der Waals surface area contributed by atoms with Crippen LogP contribution in [0.1, 0.15) is 72.5 Å². The maximum Gasteiger partial charge on any atom is 0.336 e. The van der Waals surface area contributed by atoms with Gasteiger partial charge in [-0.2, -0.15) is 0 Å². The van der Waals surface area contributed by atoms with Crippen LogP contribution < -0.4 is 0 Å². The Kier molecular flexibility index (Phi) is 7.10. The molecular formula is C30H40O11. The lowest BCUT2D eigenvalue weighted by Gasteiger charge is -2.66. The van der Waals surface area contributed by atoms with Crippen LogP contribution >= 0.6 is 0 Å². The van der Waals surface area contributed by atoms with Gasteiger partial charge >= 0.3 is 11.9 Å². The summed E-state index contributed by atoms with van der Waals surface area (Å²) in [4.78, 5) is 39.9. The number of aliphatic hydroxyl groups is 4. The van der Waals surface area contributed by atoms with Crippen LogP contribution in [0.3, 0.4) is 0 Å². The van der Waals surface area contributed by atoms with Crippen molar-refractivity contribution < 1.29 is 53.4 Å². The Morgan fingerprint density at radius 1 is 1.17 bits per heavy atom. The minimum Gasteiger partial charge on any atom is -0.469 e. The number of hydrogen-bond acceptors (Lipinski definition) is 11. The van der Waals surface area contributed by atoms with E-state index in [9.17, 15) is 34.8 Å². The second kappa shape index (κ2) is 9.74. The zero-order chi connectivity index (χ0) is 30.3. The number of aliphatic hydroxyl groups excluding tert-OH is 2. The van der Waals surface area contributed by atoms with Gasteiger partial charge in [0.1, 0.15) is 35.3 Å². The molecular weight excluding hydrogens is 536 g/mol. The molecule has 1 aromatic heterocycles. The van der Waals surface area contributed by atoms with Gasteiger partial charge in [0, 0.05) is 30.1 Å². The number of hydrogen-bond donors (Lipinski definition) is 4. The number of carbonyl (C=O) groups is 3. The van der Waals surface area contributed by atoms with Gasteiger partial charge in [0.25, 0.3) is 0 Å². The van der Waals surface area contributed by atoms with Crippen molar-refractivity contribution in [3.05, 3.63) is 35.3 Å². The van der Waals surface area contributed by atoms with Gasteiger partial charge in [0.15, 0.2) is 11.9 Å². The van der Waals surface area contributed by atoms with Crippen LogP contribution in [0.2, 0.25) is 0 Å². The minimum atomic E-state index is -2.02. The van der Waals surface area contributed by atoms with E-state index >= 15 is 0 Å². The molecule has 3 fully saturated rings. The fraction of sp³-hybridized carbons (Fsp3) is 0.700. The highest BCUT2D eigenvalue weighted by molar-refractivity contribution is 5.93. The molecule has 0 aromatic carbocycles. The van der Waals surface area contributed by atoms with Gasteiger partial charge in [-0.1, -0.05) is 27.7 Å². The first-order valence-corrected chi connectivity index (χ1v) is 14.1. The van der Waals surface area contributed by atoms with Crippen molar-refractivity contribution >= 4 is 17.7 Å². The van der Waals surface area contributed by atoms with E-state index in [-0.39, 0.29) is 25.0 Å². The lowest BCUT2D eigenvalue weighted by molar-refractivity contribution is -0.331. The van der Waals surface area contributed by atoms with E-state index in [0.29, 0.717) is 17.8 Å². The van der Waals surface area contributed by atoms with Crippen LogP contribution in [-0.4, -0.2) is 86.5 Å². The third-order valence-electron chi connectivity index (χ3n) is 10.5. The molecule has 10 atom stereocenters. The maximum absolute atomic E-state index is 14.2. The lowest BCUT2D eigenvalue weighted by atomic mass is 9.45.